The maximum absolute atomic E-state index is 12.7. The Morgan fingerprint density at radius 1 is 1.27 bits per heavy atom. The molecule has 7 nitrogen and oxygen atoms in total. The van der Waals surface area contributed by atoms with E-state index in [0.717, 1.165) is 35.4 Å². The van der Waals surface area contributed by atoms with Crippen molar-refractivity contribution in [1.82, 2.24) is 19.7 Å². The molecule has 130 valence electrons. The van der Waals surface area contributed by atoms with E-state index < -0.39 is 0 Å². The summed E-state index contributed by atoms with van der Waals surface area (Å²) in [6.07, 6.45) is 5.66. The van der Waals surface area contributed by atoms with E-state index in [2.05, 4.69) is 20.4 Å². The van der Waals surface area contributed by atoms with Crippen molar-refractivity contribution in [2.75, 3.05) is 5.32 Å². The van der Waals surface area contributed by atoms with Crippen LogP contribution in [-0.2, 0) is 4.79 Å². The van der Waals surface area contributed by atoms with Crippen LogP contribution in [0.2, 0.25) is 0 Å². The Morgan fingerprint density at radius 2 is 2.19 bits per heavy atom. The molecule has 0 saturated carbocycles. The number of rotatable bonds is 2. The third-order valence-corrected chi connectivity index (χ3v) is 4.82. The van der Waals surface area contributed by atoms with Crippen molar-refractivity contribution in [1.29, 1.82) is 0 Å². The summed E-state index contributed by atoms with van der Waals surface area (Å²) in [7, 11) is 0. The number of anilines is 1. The molecule has 3 aromatic rings. The number of aromatic nitrogens is 4. The first-order chi connectivity index (χ1) is 12.7. The molecule has 1 unspecified atom stereocenters. The van der Waals surface area contributed by atoms with E-state index in [1.807, 2.05) is 31.2 Å². The van der Waals surface area contributed by atoms with Crippen LogP contribution in [-0.4, -0.2) is 25.5 Å². The van der Waals surface area contributed by atoms with E-state index in [0.29, 0.717) is 24.0 Å². The highest BCUT2D eigenvalue weighted by Gasteiger charge is 2.38. The standard InChI is InChI=1S/C19H17N5O2/c1-11-7-8-15(26-11)17-16-13(5-2-6-14(16)25)21-19-22-18(23-24(17)19)12-4-3-9-20-10-12/h3-4,7-10,17H,2,5-6H2,1H3,(H,21,22,23). The van der Waals surface area contributed by atoms with Crippen LogP contribution >= 0.6 is 0 Å². The molecule has 2 aliphatic rings. The van der Waals surface area contributed by atoms with Gasteiger partial charge in [0.25, 0.3) is 0 Å². The molecular weight excluding hydrogens is 330 g/mol. The number of carbonyl (C=O) groups excluding carboxylic acids is 1. The molecule has 0 aromatic carbocycles. The number of allylic oxidation sites excluding steroid dienone is 2. The van der Waals surface area contributed by atoms with Crippen molar-refractivity contribution in [2.24, 2.45) is 0 Å². The molecular formula is C19H17N5O2. The number of carbonyl (C=O) groups is 1. The molecule has 0 saturated heterocycles. The monoisotopic (exact) mass is 347 g/mol. The van der Waals surface area contributed by atoms with Gasteiger partial charge in [-0.05, 0) is 44.0 Å². The number of furan rings is 1. The van der Waals surface area contributed by atoms with Crippen molar-refractivity contribution < 1.29 is 9.21 Å². The summed E-state index contributed by atoms with van der Waals surface area (Å²) in [4.78, 5) is 21.5. The predicted octanol–water partition coefficient (Wildman–Crippen LogP) is 3.26. The first-order valence-corrected chi connectivity index (χ1v) is 8.67. The minimum absolute atomic E-state index is 0.141. The van der Waals surface area contributed by atoms with Crippen LogP contribution < -0.4 is 5.32 Å². The minimum Gasteiger partial charge on any atom is -0.464 e. The molecule has 4 heterocycles. The Kier molecular flexibility index (Phi) is 3.28. The zero-order valence-electron chi connectivity index (χ0n) is 14.3. The fourth-order valence-corrected chi connectivity index (χ4v) is 3.64. The summed E-state index contributed by atoms with van der Waals surface area (Å²) in [6, 6.07) is 7.19. The van der Waals surface area contributed by atoms with Gasteiger partial charge in [0.15, 0.2) is 11.6 Å². The first kappa shape index (κ1) is 15.1. The maximum Gasteiger partial charge on any atom is 0.227 e. The number of fused-ring (bicyclic) bond motifs is 1. The highest BCUT2D eigenvalue weighted by molar-refractivity contribution is 5.99. The third kappa shape index (κ3) is 2.28. The molecule has 7 heteroatoms. The second-order valence-corrected chi connectivity index (χ2v) is 6.59. The van der Waals surface area contributed by atoms with Crippen LogP contribution in [0.5, 0.6) is 0 Å². The maximum atomic E-state index is 12.7. The highest BCUT2D eigenvalue weighted by Crippen LogP contribution is 2.40. The Morgan fingerprint density at radius 3 is 2.96 bits per heavy atom. The topological polar surface area (TPSA) is 85.8 Å². The van der Waals surface area contributed by atoms with E-state index in [9.17, 15) is 4.79 Å². The summed E-state index contributed by atoms with van der Waals surface area (Å²) in [5, 5.41) is 7.98. The zero-order valence-corrected chi connectivity index (χ0v) is 14.3. The lowest BCUT2D eigenvalue weighted by atomic mass is 9.88. The Bertz CT molecular complexity index is 1030. The molecule has 1 atom stereocenters. The largest absolute Gasteiger partial charge is 0.464 e. The van der Waals surface area contributed by atoms with Gasteiger partial charge < -0.3 is 9.73 Å². The van der Waals surface area contributed by atoms with Crippen molar-refractivity contribution in [2.45, 2.75) is 32.2 Å². The summed E-state index contributed by atoms with van der Waals surface area (Å²) in [5.74, 6) is 2.84. The SMILES string of the molecule is Cc1ccc(C2C3=C(CCCC3=O)Nc3nc(-c4cccnc4)nn32)o1. The molecule has 26 heavy (non-hydrogen) atoms. The number of hydrogen-bond donors (Lipinski definition) is 1. The molecule has 0 radical (unpaired) electrons. The van der Waals surface area contributed by atoms with Gasteiger partial charge in [-0.25, -0.2) is 4.68 Å². The Balaban J connectivity index is 1.69. The van der Waals surface area contributed by atoms with Gasteiger partial charge in [0.1, 0.15) is 17.6 Å². The van der Waals surface area contributed by atoms with Gasteiger partial charge >= 0.3 is 0 Å². The third-order valence-electron chi connectivity index (χ3n) is 4.82. The van der Waals surface area contributed by atoms with Gasteiger partial charge in [-0.2, -0.15) is 4.98 Å². The average molecular weight is 347 g/mol. The minimum atomic E-state index is -0.388. The van der Waals surface area contributed by atoms with E-state index in [1.165, 1.54) is 0 Å². The second-order valence-electron chi connectivity index (χ2n) is 6.59. The van der Waals surface area contributed by atoms with Crippen molar-refractivity contribution in [3.63, 3.8) is 0 Å². The van der Waals surface area contributed by atoms with E-state index in [4.69, 9.17) is 4.42 Å². The van der Waals surface area contributed by atoms with Crippen LogP contribution in [0.4, 0.5) is 5.95 Å². The molecule has 5 rings (SSSR count). The van der Waals surface area contributed by atoms with Gasteiger partial charge in [-0.1, -0.05) is 0 Å². The molecule has 1 N–H and O–H groups in total. The Labute approximate surface area is 149 Å². The Hall–Kier alpha value is -3.22. The molecule has 0 fully saturated rings. The van der Waals surface area contributed by atoms with Gasteiger partial charge in [0, 0.05) is 35.6 Å². The lowest BCUT2D eigenvalue weighted by Gasteiger charge is -2.30. The molecule has 0 amide bonds. The summed E-state index contributed by atoms with van der Waals surface area (Å²) in [5.41, 5.74) is 2.49. The molecule has 0 bridgehead atoms. The lowest BCUT2D eigenvalue weighted by Crippen LogP contribution is -2.31. The van der Waals surface area contributed by atoms with E-state index in [1.54, 1.807) is 17.1 Å². The van der Waals surface area contributed by atoms with Crippen molar-refractivity contribution in [3.8, 4) is 11.4 Å². The molecule has 1 aliphatic carbocycles. The number of aryl methyl sites for hydroxylation is 1. The molecule has 0 spiro atoms. The van der Waals surface area contributed by atoms with Crippen LogP contribution in [0.3, 0.4) is 0 Å². The highest BCUT2D eigenvalue weighted by atomic mass is 16.3. The lowest BCUT2D eigenvalue weighted by molar-refractivity contribution is -0.116. The first-order valence-electron chi connectivity index (χ1n) is 8.67. The van der Waals surface area contributed by atoms with Gasteiger partial charge in [0.2, 0.25) is 5.95 Å². The number of nitrogens with one attached hydrogen (secondary N) is 1. The van der Waals surface area contributed by atoms with Crippen molar-refractivity contribution in [3.05, 3.63) is 59.4 Å². The number of pyridine rings is 1. The summed E-state index contributed by atoms with van der Waals surface area (Å²) in [6.45, 7) is 1.89. The fraction of sp³-hybridized carbons (Fsp3) is 0.263. The number of hydrogen-bond acceptors (Lipinski definition) is 6. The van der Waals surface area contributed by atoms with Gasteiger partial charge in [-0.15, -0.1) is 5.10 Å². The zero-order chi connectivity index (χ0) is 17.7. The fourth-order valence-electron chi connectivity index (χ4n) is 3.64. The van der Waals surface area contributed by atoms with Crippen LogP contribution in [0, 0.1) is 6.92 Å². The molecule has 1 aliphatic heterocycles. The van der Waals surface area contributed by atoms with E-state index >= 15 is 0 Å². The van der Waals surface area contributed by atoms with Gasteiger partial charge in [0.05, 0.1) is 0 Å². The second kappa shape index (κ2) is 5.66. The van der Waals surface area contributed by atoms with Crippen molar-refractivity contribution >= 4 is 11.7 Å². The normalized spacial score (nSPS) is 19.1. The summed E-state index contributed by atoms with van der Waals surface area (Å²) >= 11 is 0. The number of ketones is 1. The quantitative estimate of drug-likeness (QED) is 0.766. The number of nitrogens with zero attached hydrogens (tertiary/aromatic N) is 4. The van der Waals surface area contributed by atoms with Crippen LogP contribution in [0.15, 0.2) is 52.3 Å². The van der Waals surface area contributed by atoms with Crippen LogP contribution in [0.25, 0.3) is 11.4 Å². The molecule has 3 aromatic heterocycles. The number of Topliss-reactive ketones (excluding diaryl/α,β-unsaturated/α-hetero) is 1. The van der Waals surface area contributed by atoms with E-state index in [-0.39, 0.29) is 11.8 Å². The van der Waals surface area contributed by atoms with Gasteiger partial charge in [-0.3, -0.25) is 9.78 Å². The summed E-state index contributed by atoms with van der Waals surface area (Å²) < 4.78 is 7.63. The smallest absolute Gasteiger partial charge is 0.227 e. The predicted molar refractivity (Wildman–Crippen MR) is 94.3 cm³/mol. The average Bonchev–Trinajstić information content (AvgIpc) is 3.27. The van der Waals surface area contributed by atoms with Crippen LogP contribution in [0.1, 0.15) is 36.8 Å².